The van der Waals surface area contributed by atoms with E-state index in [0.29, 0.717) is 15.8 Å². The molecule has 0 aliphatic heterocycles. The number of aromatic amines is 2. The Morgan fingerprint density at radius 1 is 1.67 bits per heavy atom. The SMILES string of the molecule is C[C@H](C(=O)[O-])[N+](C)(C)Cc1c[nH]c(=S)[nH]1. The molecule has 84 valence electrons. The lowest BCUT2D eigenvalue weighted by Crippen LogP contribution is -2.55. The van der Waals surface area contributed by atoms with Crippen molar-refractivity contribution in [2.45, 2.75) is 19.5 Å². The summed E-state index contributed by atoms with van der Waals surface area (Å²) in [4.78, 5) is 16.6. The quantitative estimate of drug-likeness (QED) is 0.554. The molecule has 0 fully saturated rings. The Morgan fingerprint density at radius 3 is 2.67 bits per heavy atom. The van der Waals surface area contributed by atoms with Crippen molar-refractivity contribution in [3.05, 3.63) is 16.7 Å². The lowest BCUT2D eigenvalue weighted by Gasteiger charge is -2.36. The topological polar surface area (TPSA) is 71.7 Å². The number of carboxylic acids is 1. The van der Waals surface area contributed by atoms with Crippen molar-refractivity contribution in [3.8, 4) is 0 Å². The van der Waals surface area contributed by atoms with Gasteiger partial charge in [-0.15, -0.1) is 0 Å². The van der Waals surface area contributed by atoms with Crippen LogP contribution in [-0.4, -0.2) is 40.6 Å². The van der Waals surface area contributed by atoms with Gasteiger partial charge in [-0.25, -0.2) is 0 Å². The minimum absolute atomic E-state index is 0.311. The molecule has 0 aliphatic carbocycles. The van der Waals surface area contributed by atoms with E-state index < -0.39 is 12.0 Å². The van der Waals surface area contributed by atoms with Crippen molar-refractivity contribution in [2.24, 2.45) is 0 Å². The van der Waals surface area contributed by atoms with Crippen LogP contribution in [0, 0.1) is 4.77 Å². The molecule has 0 aromatic carbocycles. The standard InChI is InChI=1S/C9H15N3O2S/c1-6(8(13)14)12(2,3)5-7-4-10-9(15)11-7/h4,6H,5H2,1-3H3,(H2-,10,11,13,14,15)/t6-/m1/s1. The fraction of sp³-hybridized carbons (Fsp3) is 0.556. The molecule has 1 aromatic rings. The van der Waals surface area contributed by atoms with Gasteiger partial charge in [-0.2, -0.15) is 0 Å². The normalized spacial score (nSPS) is 13.8. The highest BCUT2D eigenvalue weighted by Gasteiger charge is 2.25. The molecule has 6 heteroatoms. The van der Waals surface area contributed by atoms with E-state index in [-0.39, 0.29) is 0 Å². The van der Waals surface area contributed by atoms with Gasteiger partial charge in [0.15, 0.2) is 4.77 Å². The number of H-pyrrole nitrogens is 2. The first-order chi connectivity index (χ1) is 6.83. The van der Waals surface area contributed by atoms with Crippen LogP contribution in [0.3, 0.4) is 0 Å². The van der Waals surface area contributed by atoms with E-state index in [4.69, 9.17) is 12.2 Å². The molecule has 0 radical (unpaired) electrons. The van der Waals surface area contributed by atoms with Gasteiger partial charge in [0.1, 0.15) is 12.6 Å². The lowest BCUT2D eigenvalue weighted by molar-refractivity contribution is -0.919. The van der Waals surface area contributed by atoms with E-state index in [1.165, 1.54) is 0 Å². The average Bonchev–Trinajstić information content (AvgIpc) is 2.48. The molecule has 0 unspecified atom stereocenters. The number of nitrogens with zero attached hydrogens (tertiary/aromatic N) is 1. The van der Waals surface area contributed by atoms with Crippen LogP contribution in [0.5, 0.6) is 0 Å². The van der Waals surface area contributed by atoms with Gasteiger partial charge in [0.25, 0.3) is 0 Å². The highest BCUT2D eigenvalue weighted by Crippen LogP contribution is 2.11. The first-order valence-corrected chi connectivity index (χ1v) is 5.04. The van der Waals surface area contributed by atoms with Crippen LogP contribution in [0.4, 0.5) is 0 Å². The number of carbonyl (C=O) groups excluding carboxylic acids is 1. The second kappa shape index (κ2) is 4.16. The zero-order valence-electron chi connectivity index (χ0n) is 9.03. The summed E-state index contributed by atoms with van der Waals surface area (Å²) in [6, 6.07) is -0.568. The summed E-state index contributed by atoms with van der Waals surface area (Å²) in [5.74, 6) is -1.05. The van der Waals surface area contributed by atoms with Crippen molar-refractivity contribution in [3.63, 3.8) is 0 Å². The second-order valence-corrected chi connectivity index (χ2v) is 4.61. The van der Waals surface area contributed by atoms with Gasteiger partial charge in [0.05, 0.1) is 25.8 Å². The van der Waals surface area contributed by atoms with Gasteiger partial charge in [-0.05, 0) is 19.1 Å². The van der Waals surface area contributed by atoms with Gasteiger partial charge < -0.3 is 24.4 Å². The number of hydrogen-bond donors (Lipinski definition) is 2. The summed E-state index contributed by atoms with van der Waals surface area (Å²) in [5, 5.41) is 10.8. The Kier molecular flexibility index (Phi) is 3.31. The molecule has 0 saturated heterocycles. The molecule has 2 N–H and O–H groups in total. The Bertz CT molecular complexity index is 407. The number of quaternary nitrogens is 1. The van der Waals surface area contributed by atoms with Crippen molar-refractivity contribution in [1.29, 1.82) is 0 Å². The van der Waals surface area contributed by atoms with Gasteiger partial charge >= 0.3 is 0 Å². The maximum atomic E-state index is 10.8. The number of carboxylic acid groups (broad SMARTS) is 1. The number of carbonyl (C=O) groups is 1. The molecule has 15 heavy (non-hydrogen) atoms. The van der Waals surface area contributed by atoms with Crippen LogP contribution in [0.2, 0.25) is 0 Å². The van der Waals surface area contributed by atoms with Crippen LogP contribution in [0.25, 0.3) is 0 Å². The van der Waals surface area contributed by atoms with Crippen molar-refractivity contribution in [1.82, 2.24) is 9.97 Å². The van der Waals surface area contributed by atoms with E-state index in [9.17, 15) is 9.90 Å². The number of aliphatic carboxylic acids is 1. The van der Waals surface area contributed by atoms with E-state index in [1.54, 1.807) is 13.1 Å². The highest BCUT2D eigenvalue weighted by atomic mass is 32.1. The second-order valence-electron chi connectivity index (χ2n) is 4.20. The maximum Gasteiger partial charge on any atom is 0.174 e. The molecule has 0 spiro atoms. The summed E-state index contributed by atoms with van der Waals surface area (Å²) in [6.45, 7) is 2.19. The Labute approximate surface area is 93.3 Å². The Balaban J connectivity index is 2.80. The molecule has 1 atom stereocenters. The largest absolute Gasteiger partial charge is 0.544 e. The van der Waals surface area contributed by atoms with E-state index in [1.807, 2.05) is 14.1 Å². The van der Waals surface area contributed by atoms with Crippen molar-refractivity contribution < 1.29 is 14.4 Å². The number of nitrogens with one attached hydrogen (secondary N) is 2. The summed E-state index contributed by atoms with van der Waals surface area (Å²) in [7, 11) is 3.68. The minimum atomic E-state index is -1.05. The first kappa shape index (κ1) is 11.9. The lowest BCUT2D eigenvalue weighted by atomic mass is 10.2. The molecule has 0 bridgehead atoms. The van der Waals surface area contributed by atoms with Gasteiger partial charge in [-0.1, -0.05) is 0 Å². The monoisotopic (exact) mass is 229 g/mol. The Hall–Kier alpha value is -1.14. The first-order valence-electron chi connectivity index (χ1n) is 4.63. The maximum absolute atomic E-state index is 10.8. The third kappa shape index (κ3) is 2.90. The third-order valence-corrected chi connectivity index (χ3v) is 2.84. The van der Waals surface area contributed by atoms with E-state index in [0.717, 1.165) is 5.69 Å². The molecule has 1 rings (SSSR count). The van der Waals surface area contributed by atoms with Gasteiger partial charge in [0.2, 0.25) is 0 Å². The zero-order valence-corrected chi connectivity index (χ0v) is 9.85. The third-order valence-electron chi connectivity index (χ3n) is 2.62. The van der Waals surface area contributed by atoms with Crippen LogP contribution in [0.1, 0.15) is 12.6 Å². The van der Waals surface area contributed by atoms with Crippen LogP contribution in [-0.2, 0) is 11.3 Å². The number of aromatic nitrogens is 2. The van der Waals surface area contributed by atoms with Crippen LogP contribution in [0.15, 0.2) is 6.20 Å². The van der Waals surface area contributed by atoms with E-state index >= 15 is 0 Å². The predicted octanol–water partition coefficient (Wildman–Crippen LogP) is -0.213. The molecular formula is C9H15N3O2S. The fourth-order valence-corrected chi connectivity index (χ4v) is 1.51. The number of rotatable bonds is 4. The van der Waals surface area contributed by atoms with Crippen molar-refractivity contribution in [2.75, 3.05) is 14.1 Å². The van der Waals surface area contributed by atoms with E-state index in [2.05, 4.69) is 9.97 Å². The number of imidazole rings is 1. The Morgan fingerprint density at radius 2 is 2.27 bits per heavy atom. The number of likely N-dealkylation sites (N-methyl/N-ethyl adjacent to an activating group) is 1. The summed E-state index contributed by atoms with van der Waals surface area (Å²) in [6.07, 6.45) is 1.75. The highest BCUT2D eigenvalue weighted by molar-refractivity contribution is 7.71. The molecular weight excluding hydrogens is 214 g/mol. The van der Waals surface area contributed by atoms with Crippen LogP contribution < -0.4 is 5.11 Å². The summed E-state index contributed by atoms with van der Waals surface area (Å²) >= 11 is 4.89. The molecule has 0 aliphatic rings. The van der Waals surface area contributed by atoms with Crippen LogP contribution >= 0.6 is 12.2 Å². The van der Waals surface area contributed by atoms with Crippen molar-refractivity contribution >= 4 is 18.2 Å². The fourth-order valence-electron chi connectivity index (χ4n) is 1.32. The van der Waals surface area contributed by atoms with Gasteiger partial charge in [-0.3, -0.25) is 0 Å². The molecule has 1 heterocycles. The molecule has 1 aromatic heterocycles. The molecule has 5 nitrogen and oxygen atoms in total. The summed E-state index contributed by atoms with van der Waals surface area (Å²) in [5.41, 5.74) is 0.887. The summed E-state index contributed by atoms with van der Waals surface area (Å²) < 4.78 is 0.858. The average molecular weight is 229 g/mol. The van der Waals surface area contributed by atoms with Gasteiger partial charge in [0, 0.05) is 6.20 Å². The minimum Gasteiger partial charge on any atom is -0.544 e. The molecule has 0 amide bonds. The smallest absolute Gasteiger partial charge is 0.174 e. The zero-order chi connectivity index (χ0) is 11.6. The number of hydrogen-bond acceptors (Lipinski definition) is 3. The molecule has 0 saturated carbocycles. The predicted molar refractivity (Wildman–Crippen MR) is 56.3 cm³/mol.